The third-order valence-electron chi connectivity index (χ3n) is 5.74. The highest BCUT2D eigenvalue weighted by Gasteiger charge is 2.32. The van der Waals surface area contributed by atoms with Gasteiger partial charge in [-0.25, -0.2) is 8.42 Å². The van der Waals surface area contributed by atoms with Gasteiger partial charge in [0.15, 0.2) is 0 Å². The van der Waals surface area contributed by atoms with E-state index in [2.05, 4.69) is 5.32 Å². The first-order valence-electron chi connectivity index (χ1n) is 9.73. The second kappa shape index (κ2) is 8.26. The number of piperidine rings is 1. The number of hydrogen-bond donors (Lipinski definition) is 1. The van der Waals surface area contributed by atoms with Crippen LogP contribution in [-0.2, 0) is 27.7 Å². The summed E-state index contributed by atoms with van der Waals surface area (Å²) in [4.78, 5) is 13.0. The number of hydrogen-bond acceptors (Lipinski definition) is 3. The normalized spacial score (nSPS) is 17.9. The number of benzene rings is 2. The molecule has 8 heteroatoms. The molecule has 2 aliphatic rings. The van der Waals surface area contributed by atoms with Crippen LogP contribution in [0, 0.1) is 5.92 Å². The molecule has 0 unspecified atom stereocenters. The minimum Gasteiger partial charge on any atom is -0.324 e. The predicted octanol–water partition coefficient (Wildman–Crippen LogP) is 4.52. The van der Waals surface area contributed by atoms with Crippen LogP contribution in [0.4, 0.5) is 5.69 Å². The van der Waals surface area contributed by atoms with Gasteiger partial charge in [0, 0.05) is 19.0 Å². The van der Waals surface area contributed by atoms with Gasteiger partial charge in [0.1, 0.15) is 0 Å². The summed E-state index contributed by atoms with van der Waals surface area (Å²) in [6.45, 7) is 0.640. The van der Waals surface area contributed by atoms with Gasteiger partial charge in [-0.3, -0.25) is 4.79 Å². The fraction of sp³-hybridized carbons (Fsp3) is 0.381. The van der Waals surface area contributed by atoms with Crippen molar-refractivity contribution in [1.82, 2.24) is 4.31 Å². The topological polar surface area (TPSA) is 66.5 Å². The Balaban J connectivity index is 1.41. The van der Waals surface area contributed by atoms with E-state index in [1.165, 1.54) is 9.87 Å². The molecule has 2 aromatic carbocycles. The Kier molecular flexibility index (Phi) is 5.89. The quantitative estimate of drug-likeness (QED) is 0.740. The smallest absolute Gasteiger partial charge is 0.243 e. The third kappa shape index (κ3) is 4.17. The standard InChI is InChI=1S/C21H22Cl2N2O3S/c22-18-5-2-6-19(20(18)23)24-21(26)15-9-11-25(12-10-15)29(27,28)17-8-7-14-3-1-4-16(14)13-17/h2,5-8,13,15H,1,3-4,9-12H2,(H,24,26). The lowest BCUT2D eigenvalue weighted by Gasteiger charge is -2.30. The van der Waals surface area contributed by atoms with Crippen LogP contribution in [0.2, 0.25) is 10.0 Å². The lowest BCUT2D eigenvalue weighted by Crippen LogP contribution is -2.41. The van der Waals surface area contributed by atoms with Gasteiger partial charge in [-0.2, -0.15) is 4.31 Å². The second-order valence-corrected chi connectivity index (χ2v) is 10.3. The number of sulfonamides is 1. The molecule has 4 rings (SSSR count). The number of carbonyl (C=O) groups is 1. The van der Waals surface area contributed by atoms with Gasteiger partial charge in [-0.1, -0.05) is 35.3 Å². The van der Waals surface area contributed by atoms with Gasteiger partial charge >= 0.3 is 0 Å². The van der Waals surface area contributed by atoms with Crippen molar-refractivity contribution in [3.05, 3.63) is 57.6 Å². The molecule has 0 spiro atoms. The first kappa shape index (κ1) is 20.7. The van der Waals surface area contributed by atoms with Crippen LogP contribution in [0.25, 0.3) is 0 Å². The van der Waals surface area contributed by atoms with Crippen LogP contribution in [0.3, 0.4) is 0 Å². The summed E-state index contributed by atoms with van der Waals surface area (Å²) in [6.07, 6.45) is 3.97. The van der Waals surface area contributed by atoms with E-state index < -0.39 is 10.0 Å². The molecule has 1 heterocycles. The molecule has 1 amide bonds. The number of nitrogens with zero attached hydrogens (tertiary/aromatic N) is 1. The summed E-state index contributed by atoms with van der Waals surface area (Å²) in [5.41, 5.74) is 2.86. The van der Waals surface area contributed by atoms with E-state index in [0.717, 1.165) is 24.8 Å². The molecule has 1 fully saturated rings. The van der Waals surface area contributed by atoms with Crippen LogP contribution < -0.4 is 5.32 Å². The Morgan fingerprint density at radius 2 is 1.76 bits per heavy atom. The molecule has 0 aromatic heterocycles. The molecular formula is C21H22Cl2N2O3S. The highest BCUT2D eigenvalue weighted by molar-refractivity contribution is 7.89. The number of nitrogens with one attached hydrogen (secondary N) is 1. The molecule has 0 radical (unpaired) electrons. The van der Waals surface area contributed by atoms with Crippen LogP contribution in [-0.4, -0.2) is 31.7 Å². The van der Waals surface area contributed by atoms with Crippen molar-refractivity contribution >= 4 is 44.8 Å². The number of fused-ring (bicyclic) bond motifs is 1. The SMILES string of the molecule is O=C(Nc1cccc(Cl)c1Cl)C1CCN(S(=O)(=O)c2ccc3c(c2)CCC3)CC1. The number of rotatable bonds is 4. The monoisotopic (exact) mass is 452 g/mol. The average Bonchev–Trinajstić information content (AvgIpc) is 3.19. The van der Waals surface area contributed by atoms with Crippen molar-refractivity contribution in [2.24, 2.45) is 5.92 Å². The van der Waals surface area contributed by atoms with E-state index >= 15 is 0 Å². The summed E-state index contributed by atoms with van der Waals surface area (Å²) < 4.78 is 27.5. The van der Waals surface area contributed by atoms with Crippen molar-refractivity contribution in [2.45, 2.75) is 37.0 Å². The number of halogens is 2. The van der Waals surface area contributed by atoms with Crippen LogP contribution in [0.5, 0.6) is 0 Å². The minimum atomic E-state index is -3.54. The number of aryl methyl sites for hydroxylation is 2. The molecule has 154 valence electrons. The van der Waals surface area contributed by atoms with Crippen molar-refractivity contribution in [1.29, 1.82) is 0 Å². The fourth-order valence-corrected chi connectivity index (χ4v) is 5.92. The largest absolute Gasteiger partial charge is 0.324 e. The van der Waals surface area contributed by atoms with Crippen LogP contribution in [0.15, 0.2) is 41.3 Å². The van der Waals surface area contributed by atoms with Gasteiger partial charge in [0.2, 0.25) is 15.9 Å². The zero-order valence-corrected chi connectivity index (χ0v) is 18.2. The Labute approximate surface area is 181 Å². The molecular weight excluding hydrogens is 431 g/mol. The van der Waals surface area contributed by atoms with E-state index in [-0.39, 0.29) is 11.8 Å². The van der Waals surface area contributed by atoms with E-state index in [4.69, 9.17) is 23.2 Å². The predicted molar refractivity (Wildman–Crippen MR) is 115 cm³/mol. The molecule has 0 saturated carbocycles. The molecule has 0 atom stereocenters. The Bertz CT molecular complexity index is 1050. The van der Waals surface area contributed by atoms with E-state index in [9.17, 15) is 13.2 Å². The van der Waals surface area contributed by atoms with Crippen molar-refractivity contribution in [3.8, 4) is 0 Å². The third-order valence-corrected chi connectivity index (χ3v) is 8.46. The summed E-state index contributed by atoms with van der Waals surface area (Å²) in [7, 11) is -3.54. The number of carbonyl (C=O) groups excluding carboxylic acids is 1. The molecule has 0 bridgehead atoms. The molecule has 1 aliphatic heterocycles. The van der Waals surface area contributed by atoms with Gasteiger partial charge in [-0.05, 0) is 67.5 Å². The van der Waals surface area contributed by atoms with E-state index in [1.807, 2.05) is 12.1 Å². The van der Waals surface area contributed by atoms with Crippen LogP contribution in [0.1, 0.15) is 30.4 Å². The highest BCUT2D eigenvalue weighted by Crippen LogP contribution is 2.32. The maximum absolute atomic E-state index is 13.0. The van der Waals surface area contributed by atoms with Gasteiger partial charge in [0.05, 0.1) is 20.6 Å². The van der Waals surface area contributed by atoms with E-state index in [1.54, 1.807) is 24.3 Å². The molecule has 5 nitrogen and oxygen atoms in total. The maximum Gasteiger partial charge on any atom is 0.243 e. The second-order valence-electron chi connectivity index (χ2n) is 7.55. The molecule has 29 heavy (non-hydrogen) atoms. The Morgan fingerprint density at radius 3 is 2.52 bits per heavy atom. The lowest BCUT2D eigenvalue weighted by molar-refractivity contribution is -0.120. The van der Waals surface area contributed by atoms with Gasteiger partial charge in [-0.15, -0.1) is 0 Å². The molecule has 1 N–H and O–H groups in total. The first-order chi connectivity index (χ1) is 13.9. The van der Waals surface area contributed by atoms with Crippen molar-refractivity contribution < 1.29 is 13.2 Å². The number of amides is 1. The molecule has 1 aliphatic carbocycles. The summed E-state index contributed by atoms with van der Waals surface area (Å²) in [6, 6.07) is 10.5. The Morgan fingerprint density at radius 1 is 1.03 bits per heavy atom. The summed E-state index contributed by atoms with van der Waals surface area (Å²) in [5, 5.41) is 3.49. The fourth-order valence-electron chi connectivity index (χ4n) is 4.05. The zero-order chi connectivity index (χ0) is 20.6. The Hall–Kier alpha value is -1.60. The minimum absolute atomic E-state index is 0.163. The maximum atomic E-state index is 13.0. The van der Waals surface area contributed by atoms with Gasteiger partial charge in [0.25, 0.3) is 0 Å². The van der Waals surface area contributed by atoms with Crippen molar-refractivity contribution in [2.75, 3.05) is 18.4 Å². The average molecular weight is 453 g/mol. The highest BCUT2D eigenvalue weighted by atomic mass is 35.5. The summed E-state index contributed by atoms with van der Waals surface area (Å²) >= 11 is 12.1. The van der Waals surface area contributed by atoms with E-state index in [0.29, 0.717) is 46.6 Å². The number of anilines is 1. The van der Waals surface area contributed by atoms with Crippen LogP contribution >= 0.6 is 23.2 Å². The van der Waals surface area contributed by atoms with Crippen molar-refractivity contribution in [3.63, 3.8) is 0 Å². The lowest BCUT2D eigenvalue weighted by atomic mass is 9.97. The molecule has 2 aromatic rings. The summed E-state index contributed by atoms with van der Waals surface area (Å²) in [5.74, 6) is -0.430. The molecule has 1 saturated heterocycles. The first-order valence-corrected chi connectivity index (χ1v) is 11.9. The van der Waals surface area contributed by atoms with Gasteiger partial charge < -0.3 is 5.32 Å². The zero-order valence-electron chi connectivity index (χ0n) is 15.8.